The van der Waals surface area contributed by atoms with Gasteiger partial charge in [0.05, 0.1) is 24.7 Å². The van der Waals surface area contributed by atoms with E-state index in [1.54, 1.807) is 0 Å². The van der Waals surface area contributed by atoms with E-state index in [1.807, 2.05) is 0 Å². The van der Waals surface area contributed by atoms with Crippen LogP contribution in [-0.2, 0) is 4.74 Å². The lowest BCUT2D eigenvalue weighted by Gasteiger charge is -2.13. The van der Waals surface area contributed by atoms with Crippen molar-refractivity contribution in [3.05, 3.63) is 57.6 Å². The van der Waals surface area contributed by atoms with Gasteiger partial charge in [-0.25, -0.2) is 0 Å². The number of carbonyl (C=O) groups is 2. The molecular formula is C19H21N3O7. The number of amides is 2. The number of methoxy groups -OCH3 is 2. The molecule has 0 heterocycles. The molecule has 2 aromatic carbocycles. The maximum Gasteiger partial charge on any atom is 0.286 e. The Kier molecular flexibility index (Phi) is 7.49. The quantitative estimate of drug-likeness (QED) is 0.373. The largest absolute Gasteiger partial charge is 0.493 e. The molecule has 2 amide bonds. The lowest BCUT2D eigenvalue weighted by Crippen LogP contribution is -2.18. The highest BCUT2D eigenvalue weighted by molar-refractivity contribution is 6.07. The van der Waals surface area contributed by atoms with Crippen LogP contribution in [0, 0.1) is 10.1 Å². The SMILES string of the molecule is CNC(=O)c1ccc(NC(=O)c2cc(OC)c(OCCOC)cc2[N+](=O)[O-])cc1. The van der Waals surface area contributed by atoms with Crippen molar-refractivity contribution in [1.29, 1.82) is 0 Å². The number of benzene rings is 2. The van der Waals surface area contributed by atoms with Gasteiger partial charge in [0, 0.05) is 31.5 Å². The molecule has 0 aliphatic rings. The normalized spacial score (nSPS) is 10.2. The van der Waals surface area contributed by atoms with Crippen molar-refractivity contribution in [3.63, 3.8) is 0 Å². The maximum absolute atomic E-state index is 12.6. The van der Waals surface area contributed by atoms with E-state index in [2.05, 4.69) is 10.6 Å². The Morgan fingerprint density at radius 2 is 1.72 bits per heavy atom. The number of nitrogens with zero attached hydrogens (tertiary/aromatic N) is 1. The van der Waals surface area contributed by atoms with Crippen molar-refractivity contribution >= 4 is 23.2 Å². The predicted octanol–water partition coefficient (Wildman–Crippen LogP) is 2.24. The van der Waals surface area contributed by atoms with Gasteiger partial charge in [-0.05, 0) is 24.3 Å². The second-order valence-corrected chi connectivity index (χ2v) is 5.73. The summed E-state index contributed by atoms with van der Waals surface area (Å²) < 4.78 is 15.5. The summed E-state index contributed by atoms with van der Waals surface area (Å²) in [5, 5.41) is 16.5. The Hall–Kier alpha value is -3.66. The monoisotopic (exact) mass is 403 g/mol. The predicted molar refractivity (Wildman–Crippen MR) is 105 cm³/mol. The Bertz CT molecular complexity index is 897. The van der Waals surface area contributed by atoms with Gasteiger partial charge in [-0.3, -0.25) is 19.7 Å². The minimum Gasteiger partial charge on any atom is -0.493 e. The van der Waals surface area contributed by atoms with Crippen LogP contribution in [-0.4, -0.2) is 51.2 Å². The third-order valence-corrected chi connectivity index (χ3v) is 3.90. The van der Waals surface area contributed by atoms with Gasteiger partial charge < -0.3 is 24.8 Å². The fourth-order valence-electron chi connectivity index (χ4n) is 2.44. The molecule has 2 N–H and O–H groups in total. The van der Waals surface area contributed by atoms with Gasteiger partial charge in [0.1, 0.15) is 12.2 Å². The van der Waals surface area contributed by atoms with Gasteiger partial charge in [-0.1, -0.05) is 0 Å². The molecule has 0 spiro atoms. The summed E-state index contributed by atoms with van der Waals surface area (Å²) in [6.07, 6.45) is 0. The van der Waals surface area contributed by atoms with Crippen LogP contribution in [0.25, 0.3) is 0 Å². The fraction of sp³-hybridized carbons (Fsp3) is 0.263. The molecule has 29 heavy (non-hydrogen) atoms. The summed E-state index contributed by atoms with van der Waals surface area (Å²) in [6, 6.07) is 8.47. The number of hydrogen-bond acceptors (Lipinski definition) is 7. The van der Waals surface area contributed by atoms with Gasteiger partial charge in [0.25, 0.3) is 17.5 Å². The molecule has 0 aromatic heterocycles. The molecule has 0 saturated carbocycles. The highest BCUT2D eigenvalue weighted by Gasteiger charge is 2.25. The number of hydrogen-bond donors (Lipinski definition) is 2. The van der Waals surface area contributed by atoms with E-state index in [1.165, 1.54) is 51.6 Å². The van der Waals surface area contributed by atoms with Crippen LogP contribution in [0.4, 0.5) is 11.4 Å². The summed E-state index contributed by atoms with van der Waals surface area (Å²) in [5.74, 6) is -0.673. The van der Waals surface area contributed by atoms with E-state index in [4.69, 9.17) is 14.2 Å². The molecule has 0 fully saturated rings. The van der Waals surface area contributed by atoms with E-state index in [9.17, 15) is 19.7 Å². The van der Waals surface area contributed by atoms with E-state index in [0.29, 0.717) is 11.3 Å². The first kappa shape index (κ1) is 21.6. The molecule has 2 aromatic rings. The lowest BCUT2D eigenvalue weighted by atomic mass is 10.1. The number of anilines is 1. The zero-order valence-electron chi connectivity index (χ0n) is 16.2. The summed E-state index contributed by atoms with van der Waals surface area (Å²) in [7, 11) is 4.37. The van der Waals surface area contributed by atoms with Crippen LogP contribution < -0.4 is 20.1 Å². The molecule has 0 radical (unpaired) electrons. The number of carbonyl (C=O) groups excluding carboxylic acids is 2. The lowest BCUT2D eigenvalue weighted by molar-refractivity contribution is -0.385. The molecule has 154 valence electrons. The number of nitrogens with one attached hydrogen (secondary N) is 2. The van der Waals surface area contributed by atoms with E-state index in [0.717, 1.165) is 6.07 Å². The zero-order chi connectivity index (χ0) is 21.4. The Balaban J connectivity index is 2.30. The van der Waals surface area contributed by atoms with Crippen LogP contribution in [0.5, 0.6) is 11.5 Å². The molecule has 10 heteroatoms. The van der Waals surface area contributed by atoms with Crippen molar-refractivity contribution in [2.45, 2.75) is 0 Å². The van der Waals surface area contributed by atoms with E-state index >= 15 is 0 Å². The van der Waals surface area contributed by atoms with Crippen molar-refractivity contribution in [2.75, 3.05) is 39.8 Å². The highest BCUT2D eigenvalue weighted by atomic mass is 16.6. The third kappa shape index (κ3) is 5.42. The van der Waals surface area contributed by atoms with Crippen molar-refractivity contribution < 1.29 is 28.7 Å². The minimum atomic E-state index is -0.703. The fourth-order valence-corrected chi connectivity index (χ4v) is 2.44. The van der Waals surface area contributed by atoms with Gasteiger partial charge in [-0.2, -0.15) is 0 Å². The smallest absolute Gasteiger partial charge is 0.286 e. The minimum absolute atomic E-state index is 0.128. The first-order chi connectivity index (χ1) is 13.9. The van der Waals surface area contributed by atoms with Crippen molar-refractivity contribution in [3.8, 4) is 11.5 Å². The average molecular weight is 403 g/mol. The highest BCUT2D eigenvalue weighted by Crippen LogP contribution is 2.35. The molecule has 0 aliphatic heterocycles. The van der Waals surface area contributed by atoms with Crippen LogP contribution in [0.3, 0.4) is 0 Å². The standard InChI is InChI=1S/C19H21N3O7/c1-20-18(23)12-4-6-13(7-5-12)21-19(24)14-10-16(28-3)17(29-9-8-27-2)11-15(14)22(25)26/h4-7,10-11H,8-9H2,1-3H3,(H,20,23)(H,21,24). The summed E-state index contributed by atoms with van der Waals surface area (Å²) in [5.41, 5.74) is 0.158. The first-order valence-electron chi connectivity index (χ1n) is 8.53. The summed E-state index contributed by atoms with van der Waals surface area (Å²) in [6.45, 7) is 0.443. The summed E-state index contributed by atoms with van der Waals surface area (Å²) >= 11 is 0. The van der Waals surface area contributed by atoms with Gasteiger partial charge in [0.2, 0.25) is 0 Å². The molecule has 10 nitrogen and oxygen atoms in total. The first-order valence-corrected chi connectivity index (χ1v) is 8.53. The topological polar surface area (TPSA) is 129 Å². The number of ether oxygens (including phenoxy) is 3. The Morgan fingerprint density at radius 1 is 1.03 bits per heavy atom. The molecule has 0 saturated heterocycles. The number of nitro groups is 1. The average Bonchev–Trinajstić information content (AvgIpc) is 2.73. The summed E-state index contributed by atoms with van der Waals surface area (Å²) in [4.78, 5) is 35.0. The van der Waals surface area contributed by atoms with E-state index in [-0.39, 0.29) is 36.2 Å². The van der Waals surface area contributed by atoms with E-state index < -0.39 is 16.5 Å². The zero-order valence-corrected chi connectivity index (χ0v) is 16.2. The third-order valence-electron chi connectivity index (χ3n) is 3.90. The number of rotatable bonds is 9. The number of nitro benzene ring substituents is 1. The van der Waals surface area contributed by atoms with Crippen LogP contribution in [0.15, 0.2) is 36.4 Å². The molecule has 0 unspecified atom stereocenters. The molecule has 0 aliphatic carbocycles. The van der Waals surface area contributed by atoms with Gasteiger partial charge in [0.15, 0.2) is 11.5 Å². The van der Waals surface area contributed by atoms with Crippen molar-refractivity contribution in [2.24, 2.45) is 0 Å². The Morgan fingerprint density at radius 3 is 2.28 bits per heavy atom. The maximum atomic E-state index is 12.6. The molecular weight excluding hydrogens is 382 g/mol. The molecule has 2 rings (SSSR count). The van der Waals surface area contributed by atoms with Crippen LogP contribution >= 0.6 is 0 Å². The van der Waals surface area contributed by atoms with Crippen molar-refractivity contribution in [1.82, 2.24) is 5.32 Å². The second kappa shape index (κ2) is 10.0. The molecule has 0 bridgehead atoms. The second-order valence-electron chi connectivity index (χ2n) is 5.73. The van der Waals surface area contributed by atoms with Gasteiger partial charge in [-0.15, -0.1) is 0 Å². The Labute approximate surface area is 166 Å². The van der Waals surface area contributed by atoms with Crippen LogP contribution in [0.1, 0.15) is 20.7 Å². The van der Waals surface area contributed by atoms with Gasteiger partial charge >= 0.3 is 0 Å². The molecule has 0 atom stereocenters. The van der Waals surface area contributed by atoms with Crippen LogP contribution in [0.2, 0.25) is 0 Å².